The van der Waals surface area contributed by atoms with Crippen LogP contribution in [0.15, 0.2) is 79.9 Å². The average molecular weight is 795 g/mol. The molecule has 286 valence electrons. The van der Waals surface area contributed by atoms with Crippen LogP contribution in [0.2, 0.25) is 0 Å². The standard InChI is InChI=1S/C41H52BrN3O8/c1-6-8-18-32(47)43(4)27(3)35(28-16-12-11-13-17-28)52-40(50)33-34-38(48)45(24-14-9-10-15-25-46)37(41(34)26-31(42)36(33)53-41)39(49)44(23-7-2)29-19-21-30(51-5)22-20-29/h6-7,11-13,16-17,19-22,27,31,33-37,46H,1-2,8-10,14-15,18,23-26H2,3-5H3/t27-,31?,33+,34-,35+,36+,37+,41-/m1/s1. The van der Waals surface area contributed by atoms with Gasteiger partial charge in [-0.1, -0.05) is 71.3 Å². The minimum absolute atomic E-state index is 0.0837. The lowest BCUT2D eigenvalue weighted by atomic mass is 9.70. The molecule has 0 aliphatic carbocycles. The summed E-state index contributed by atoms with van der Waals surface area (Å²) < 4.78 is 18.5. The van der Waals surface area contributed by atoms with Crippen LogP contribution < -0.4 is 9.64 Å². The first kappa shape index (κ1) is 40.2. The van der Waals surface area contributed by atoms with Gasteiger partial charge in [0.25, 0.3) is 5.91 Å². The molecule has 3 heterocycles. The number of methoxy groups -OCH3 is 1. The fraction of sp³-hybridized carbons (Fsp3) is 0.512. The van der Waals surface area contributed by atoms with Crippen molar-refractivity contribution in [1.82, 2.24) is 9.80 Å². The Morgan fingerprint density at radius 3 is 2.42 bits per heavy atom. The number of alkyl halides is 1. The monoisotopic (exact) mass is 793 g/mol. The number of hydrogen-bond acceptors (Lipinski definition) is 8. The highest BCUT2D eigenvalue weighted by molar-refractivity contribution is 9.09. The van der Waals surface area contributed by atoms with Gasteiger partial charge in [0.2, 0.25) is 11.8 Å². The summed E-state index contributed by atoms with van der Waals surface area (Å²) in [5.41, 5.74) is 0.0240. The molecule has 3 fully saturated rings. The number of allylic oxidation sites excluding steroid dienone is 1. The van der Waals surface area contributed by atoms with Crippen molar-refractivity contribution in [1.29, 1.82) is 0 Å². The van der Waals surface area contributed by atoms with E-state index in [0.717, 1.165) is 12.8 Å². The van der Waals surface area contributed by atoms with Crippen molar-refractivity contribution in [2.24, 2.45) is 11.8 Å². The van der Waals surface area contributed by atoms with E-state index in [1.807, 2.05) is 37.3 Å². The lowest BCUT2D eigenvalue weighted by Gasteiger charge is -2.37. The number of unbranched alkanes of at least 4 members (excludes halogenated alkanes) is 3. The number of ether oxygens (including phenoxy) is 3. The van der Waals surface area contributed by atoms with Crippen molar-refractivity contribution in [2.75, 3.05) is 38.8 Å². The number of carbonyl (C=O) groups excluding carboxylic acids is 4. The van der Waals surface area contributed by atoms with E-state index in [1.165, 1.54) is 0 Å². The largest absolute Gasteiger partial charge is 0.497 e. The predicted molar refractivity (Wildman–Crippen MR) is 205 cm³/mol. The topological polar surface area (TPSA) is 126 Å². The number of hydrogen-bond donors (Lipinski definition) is 1. The normalized spacial score (nSPS) is 25.3. The van der Waals surface area contributed by atoms with E-state index in [4.69, 9.17) is 14.2 Å². The van der Waals surface area contributed by atoms with E-state index >= 15 is 0 Å². The van der Waals surface area contributed by atoms with E-state index < -0.39 is 47.7 Å². The van der Waals surface area contributed by atoms with Crippen molar-refractivity contribution in [2.45, 2.75) is 86.6 Å². The first-order chi connectivity index (χ1) is 25.5. The second kappa shape index (κ2) is 17.9. The van der Waals surface area contributed by atoms with Gasteiger partial charge in [-0.25, -0.2) is 0 Å². The Labute approximate surface area is 321 Å². The molecule has 3 aliphatic rings. The molecule has 1 unspecified atom stereocenters. The van der Waals surface area contributed by atoms with E-state index in [2.05, 4.69) is 29.1 Å². The molecule has 53 heavy (non-hydrogen) atoms. The maximum atomic E-state index is 14.9. The average Bonchev–Trinajstić information content (AvgIpc) is 3.77. The van der Waals surface area contributed by atoms with E-state index in [9.17, 15) is 24.3 Å². The second-order valence-corrected chi connectivity index (χ2v) is 15.3. The molecule has 12 heteroatoms. The number of anilines is 1. The molecular formula is C41H52BrN3O8. The number of likely N-dealkylation sites (N-methyl/N-ethyl adjacent to an activating group) is 1. The number of rotatable bonds is 19. The summed E-state index contributed by atoms with van der Waals surface area (Å²) in [5.74, 6) is -2.68. The van der Waals surface area contributed by atoms with E-state index in [0.29, 0.717) is 42.7 Å². The second-order valence-electron chi connectivity index (χ2n) is 14.1. The van der Waals surface area contributed by atoms with E-state index in [1.54, 1.807) is 65.3 Å². The molecule has 1 N–H and O–H groups in total. The van der Waals surface area contributed by atoms with Gasteiger partial charge in [-0.3, -0.25) is 19.2 Å². The molecule has 5 rings (SSSR count). The van der Waals surface area contributed by atoms with Gasteiger partial charge in [0.05, 0.1) is 31.1 Å². The minimum Gasteiger partial charge on any atom is -0.497 e. The fourth-order valence-corrected chi connectivity index (χ4v) is 9.09. The van der Waals surface area contributed by atoms with Crippen LogP contribution in [0.1, 0.15) is 63.5 Å². The van der Waals surface area contributed by atoms with Crippen LogP contribution in [0.3, 0.4) is 0 Å². The Kier molecular flexibility index (Phi) is 13.6. The zero-order valence-electron chi connectivity index (χ0n) is 30.9. The first-order valence-electron chi connectivity index (χ1n) is 18.5. The van der Waals surface area contributed by atoms with Crippen molar-refractivity contribution in [3.63, 3.8) is 0 Å². The lowest BCUT2D eigenvalue weighted by Crippen LogP contribution is -2.57. The quantitative estimate of drug-likeness (QED) is 0.0843. The predicted octanol–water partition coefficient (Wildman–Crippen LogP) is 5.61. The molecule has 8 atom stereocenters. The zero-order chi connectivity index (χ0) is 38.3. The van der Waals surface area contributed by atoms with Crippen LogP contribution in [0.25, 0.3) is 0 Å². The minimum atomic E-state index is -1.29. The molecule has 3 saturated heterocycles. The van der Waals surface area contributed by atoms with Crippen LogP contribution >= 0.6 is 15.9 Å². The Morgan fingerprint density at radius 2 is 1.77 bits per heavy atom. The van der Waals surface area contributed by atoms with Crippen molar-refractivity contribution >= 4 is 45.3 Å². The highest BCUT2D eigenvalue weighted by atomic mass is 79.9. The number of benzene rings is 2. The summed E-state index contributed by atoms with van der Waals surface area (Å²) in [6, 6.07) is 14.8. The SMILES string of the molecule is C=CCCC(=O)N(C)[C@H](C)[C@H](OC(=O)[C@@H]1[C@H]2O[C@@]3(CC2Br)[C@H](C(=O)N(CC=C)c2ccc(OC)cc2)N(CCCCCCO)C(=O)[C@@H]13)c1ccccc1. The highest BCUT2D eigenvalue weighted by Gasteiger charge is 2.77. The molecule has 11 nitrogen and oxygen atoms in total. The van der Waals surface area contributed by atoms with Gasteiger partial charge in [-0.2, -0.15) is 0 Å². The molecule has 2 bridgehead atoms. The molecular weight excluding hydrogens is 742 g/mol. The maximum absolute atomic E-state index is 14.9. The molecule has 0 saturated carbocycles. The van der Waals surface area contributed by atoms with Crippen molar-refractivity contribution in [3.05, 3.63) is 85.5 Å². The summed E-state index contributed by atoms with van der Waals surface area (Å²) in [5, 5.41) is 9.32. The van der Waals surface area contributed by atoms with Crippen molar-refractivity contribution < 1.29 is 38.5 Å². The zero-order valence-corrected chi connectivity index (χ0v) is 32.5. The van der Waals surface area contributed by atoms with Gasteiger partial charge in [0.1, 0.15) is 23.5 Å². The lowest BCUT2D eigenvalue weighted by molar-refractivity contribution is -0.164. The number of fused-ring (bicyclic) bond motifs is 1. The number of likely N-dealkylation sites (tertiary alicyclic amines) is 1. The maximum Gasteiger partial charge on any atom is 0.313 e. The number of amides is 3. The number of nitrogens with zero attached hydrogens (tertiary/aromatic N) is 3. The van der Waals surface area contributed by atoms with Crippen LogP contribution in [-0.2, 0) is 28.7 Å². The molecule has 0 aromatic heterocycles. The van der Waals surface area contributed by atoms with Gasteiger partial charge in [-0.15, -0.1) is 13.2 Å². The van der Waals surface area contributed by atoms with Gasteiger partial charge >= 0.3 is 5.97 Å². The Morgan fingerprint density at radius 1 is 1.08 bits per heavy atom. The fourth-order valence-electron chi connectivity index (χ4n) is 8.15. The number of aliphatic hydroxyl groups excluding tert-OH is 1. The summed E-state index contributed by atoms with van der Waals surface area (Å²) >= 11 is 3.77. The van der Waals surface area contributed by atoms with Crippen LogP contribution in [-0.4, -0.2) is 101 Å². The molecule has 0 radical (unpaired) electrons. The van der Waals surface area contributed by atoms with Gasteiger partial charge in [0.15, 0.2) is 0 Å². The number of aliphatic hydroxyl groups is 1. The third-order valence-corrected chi connectivity index (χ3v) is 11.8. The van der Waals surface area contributed by atoms with Gasteiger partial charge < -0.3 is 34.0 Å². The summed E-state index contributed by atoms with van der Waals surface area (Å²) in [4.78, 5) is 61.8. The first-order valence-corrected chi connectivity index (χ1v) is 19.4. The van der Waals surface area contributed by atoms with Gasteiger partial charge in [-0.05, 0) is 62.4 Å². The molecule has 2 aromatic carbocycles. The molecule has 2 aromatic rings. The van der Waals surface area contributed by atoms with Gasteiger partial charge in [0, 0.05) is 43.7 Å². The highest BCUT2D eigenvalue weighted by Crippen LogP contribution is 2.60. The summed E-state index contributed by atoms with van der Waals surface area (Å²) in [7, 11) is 3.26. The van der Waals surface area contributed by atoms with Crippen LogP contribution in [0.4, 0.5) is 5.69 Å². The third kappa shape index (κ3) is 8.10. The smallest absolute Gasteiger partial charge is 0.313 e. The number of halogens is 1. The molecule has 1 spiro atoms. The number of carbonyl (C=O) groups is 4. The Bertz CT molecular complexity index is 1620. The third-order valence-electron chi connectivity index (χ3n) is 10.9. The Hall–Kier alpha value is -4.00. The van der Waals surface area contributed by atoms with Crippen LogP contribution in [0.5, 0.6) is 5.75 Å². The van der Waals surface area contributed by atoms with Crippen molar-refractivity contribution in [3.8, 4) is 5.75 Å². The molecule has 3 amide bonds. The van der Waals surface area contributed by atoms with E-state index in [-0.39, 0.29) is 48.7 Å². The van der Waals surface area contributed by atoms with Crippen LogP contribution in [0, 0.1) is 11.8 Å². The summed E-state index contributed by atoms with van der Waals surface area (Å²) in [6.07, 6.45) is 5.70. The number of esters is 1. The molecule has 3 aliphatic heterocycles. The Balaban J connectivity index is 1.50. The summed E-state index contributed by atoms with van der Waals surface area (Å²) in [6.45, 7) is 10.0.